The third-order valence-corrected chi connectivity index (χ3v) is 5.29. The number of fused-ring (bicyclic) bond motifs is 1. The molecule has 32 heavy (non-hydrogen) atoms. The van der Waals surface area contributed by atoms with Crippen molar-refractivity contribution in [3.8, 4) is 17.6 Å². The number of anilines is 2. The lowest BCUT2D eigenvalue weighted by Crippen LogP contribution is -2.15. The first kappa shape index (κ1) is 21.6. The van der Waals surface area contributed by atoms with Crippen molar-refractivity contribution in [2.45, 2.75) is 25.9 Å². The predicted octanol–water partition coefficient (Wildman–Crippen LogP) is 3.83. The topological polar surface area (TPSA) is 85.4 Å². The number of nitrogens with one attached hydrogen (secondary N) is 2. The molecule has 1 aliphatic rings. The van der Waals surface area contributed by atoms with Crippen LogP contribution in [0.15, 0.2) is 42.7 Å². The Bertz CT molecular complexity index is 1180. The highest BCUT2D eigenvalue weighted by atomic mass is 16.5. The zero-order valence-corrected chi connectivity index (χ0v) is 18.4. The number of amides is 1. The van der Waals surface area contributed by atoms with Crippen LogP contribution in [0.3, 0.4) is 0 Å². The van der Waals surface area contributed by atoms with Gasteiger partial charge in [0.1, 0.15) is 24.0 Å². The number of hydrogen-bond donors (Lipinski definition) is 2. The predicted molar refractivity (Wildman–Crippen MR) is 125 cm³/mol. The molecule has 0 spiro atoms. The summed E-state index contributed by atoms with van der Waals surface area (Å²) >= 11 is 0. The van der Waals surface area contributed by atoms with Crippen LogP contribution in [0.2, 0.25) is 0 Å². The fourth-order valence-electron chi connectivity index (χ4n) is 3.13. The van der Waals surface area contributed by atoms with Crippen LogP contribution in [0.4, 0.5) is 11.6 Å². The van der Waals surface area contributed by atoms with Crippen LogP contribution in [0, 0.1) is 17.8 Å². The van der Waals surface area contributed by atoms with Crippen LogP contribution in [0.25, 0.3) is 10.8 Å². The molecular weight excluding hydrogens is 404 g/mol. The van der Waals surface area contributed by atoms with Gasteiger partial charge < -0.3 is 20.1 Å². The van der Waals surface area contributed by atoms with Crippen molar-refractivity contribution < 1.29 is 14.3 Å². The minimum Gasteiger partial charge on any atom is -0.491 e. The number of carbonyl (C=O) groups excluding carboxylic acids is 1. The Morgan fingerprint density at radius 1 is 1.16 bits per heavy atom. The molecule has 7 nitrogen and oxygen atoms in total. The van der Waals surface area contributed by atoms with Gasteiger partial charge in [-0.2, -0.15) is 0 Å². The maximum Gasteiger partial charge on any atom is 0.228 e. The summed E-state index contributed by atoms with van der Waals surface area (Å²) in [5.74, 6) is 8.54. The van der Waals surface area contributed by atoms with E-state index in [1.807, 2.05) is 44.3 Å². The molecule has 1 aliphatic carbocycles. The summed E-state index contributed by atoms with van der Waals surface area (Å²) in [4.78, 5) is 21.0. The largest absolute Gasteiger partial charge is 0.491 e. The lowest BCUT2D eigenvalue weighted by molar-refractivity contribution is -0.117. The Hall–Kier alpha value is -3.63. The number of rotatable bonds is 7. The zero-order chi connectivity index (χ0) is 22.5. The quantitative estimate of drug-likeness (QED) is 0.554. The first-order valence-corrected chi connectivity index (χ1v) is 10.6. The van der Waals surface area contributed by atoms with Gasteiger partial charge in [-0.25, -0.2) is 9.97 Å². The summed E-state index contributed by atoms with van der Waals surface area (Å²) in [6, 6.07) is 9.47. The number of benzene rings is 1. The molecule has 2 N–H and O–H groups in total. The van der Waals surface area contributed by atoms with Crippen molar-refractivity contribution in [1.82, 2.24) is 9.97 Å². The van der Waals surface area contributed by atoms with Gasteiger partial charge in [0.05, 0.1) is 11.7 Å². The van der Waals surface area contributed by atoms with Crippen LogP contribution >= 0.6 is 0 Å². The van der Waals surface area contributed by atoms with Gasteiger partial charge in [-0.3, -0.25) is 4.79 Å². The molecule has 1 fully saturated rings. The monoisotopic (exact) mass is 430 g/mol. The number of pyridine rings is 2. The van der Waals surface area contributed by atoms with Crippen LogP contribution in [0.1, 0.15) is 30.9 Å². The van der Waals surface area contributed by atoms with E-state index in [4.69, 9.17) is 9.47 Å². The first-order valence-electron chi connectivity index (χ1n) is 10.6. The molecule has 0 radical (unpaired) electrons. The second kappa shape index (κ2) is 9.67. The van der Waals surface area contributed by atoms with E-state index in [0.717, 1.165) is 40.5 Å². The average molecular weight is 431 g/mol. The lowest BCUT2D eigenvalue weighted by Gasteiger charge is -2.11. The molecule has 0 unspecified atom stereocenters. The van der Waals surface area contributed by atoms with E-state index in [-0.39, 0.29) is 17.9 Å². The Balaban J connectivity index is 1.58. The van der Waals surface area contributed by atoms with Crippen molar-refractivity contribution in [3.05, 3.63) is 53.9 Å². The van der Waals surface area contributed by atoms with Gasteiger partial charge in [0.15, 0.2) is 0 Å². The van der Waals surface area contributed by atoms with Gasteiger partial charge in [-0.05, 0) is 50.1 Å². The fraction of sp³-hybridized carbons (Fsp3) is 0.320. The number of hydrogen-bond acceptors (Lipinski definition) is 6. The van der Waals surface area contributed by atoms with Crippen LogP contribution in [0.5, 0.6) is 5.75 Å². The normalized spacial score (nSPS) is 13.7. The minimum atomic E-state index is 0.0228. The molecule has 4 rings (SSSR count). The van der Waals surface area contributed by atoms with E-state index >= 15 is 0 Å². The van der Waals surface area contributed by atoms with E-state index < -0.39 is 0 Å². The van der Waals surface area contributed by atoms with E-state index in [0.29, 0.717) is 18.2 Å². The SMILES string of the molecule is CNc1ncc(C#Cc2ccc(OC[C@H](C)OC)cc2)c2cc(NC(=O)C3CC3)ncc12. The number of methoxy groups -OCH3 is 1. The van der Waals surface area contributed by atoms with Crippen LogP contribution < -0.4 is 15.4 Å². The number of nitrogens with zero attached hydrogens (tertiary/aromatic N) is 2. The summed E-state index contributed by atoms with van der Waals surface area (Å²) in [6.07, 6.45) is 5.37. The third-order valence-electron chi connectivity index (χ3n) is 5.29. The lowest BCUT2D eigenvalue weighted by atomic mass is 10.1. The van der Waals surface area contributed by atoms with Crippen molar-refractivity contribution in [2.75, 3.05) is 31.4 Å². The second-order valence-corrected chi connectivity index (χ2v) is 7.78. The highest BCUT2D eigenvalue weighted by molar-refractivity contribution is 5.99. The van der Waals surface area contributed by atoms with Gasteiger partial charge in [0.25, 0.3) is 0 Å². The summed E-state index contributed by atoms with van der Waals surface area (Å²) in [5, 5.41) is 7.71. The smallest absolute Gasteiger partial charge is 0.228 e. The second-order valence-electron chi connectivity index (χ2n) is 7.78. The Kier molecular flexibility index (Phi) is 6.52. The molecule has 1 saturated carbocycles. The molecule has 1 aromatic carbocycles. The summed E-state index contributed by atoms with van der Waals surface area (Å²) in [6.45, 7) is 2.44. The van der Waals surface area contributed by atoms with Crippen molar-refractivity contribution in [3.63, 3.8) is 0 Å². The number of ether oxygens (including phenoxy) is 2. The molecule has 2 heterocycles. The molecule has 0 aliphatic heterocycles. The van der Waals surface area contributed by atoms with Crippen molar-refractivity contribution in [2.24, 2.45) is 5.92 Å². The molecule has 0 bridgehead atoms. The molecular formula is C25H26N4O3. The summed E-state index contributed by atoms with van der Waals surface area (Å²) in [5.41, 5.74) is 1.62. The van der Waals surface area contributed by atoms with Crippen LogP contribution in [-0.4, -0.2) is 42.7 Å². The maximum absolute atomic E-state index is 12.1. The highest BCUT2D eigenvalue weighted by Gasteiger charge is 2.29. The van der Waals surface area contributed by atoms with Crippen molar-refractivity contribution in [1.29, 1.82) is 0 Å². The van der Waals surface area contributed by atoms with E-state index in [1.165, 1.54) is 0 Å². The Morgan fingerprint density at radius 3 is 2.62 bits per heavy atom. The van der Waals surface area contributed by atoms with Gasteiger partial charge in [0, 0.05) is 48.8 Å². The molecule has 0 saturated heterocycles. The Labute approximate surface area is 187 Å². The van der Waals surface area contributed by atoms with Gasteiger partial charge in [-0.1, -0.05) is 11.8 Å². The maximum atomic E-state index is 12.1. The van der Waals surface area contributed by atoms with Gasteiger partial charge in [0.2, 0.25) is 5.91 Å². The first-order chi connectivity index (χ1) is 15.6. The molecule has 2 aromatic heterocycles. The molecule has 1 atom stereocenters. The minimum absolute atomic E-state index is 0.0228. The summed E-state index contributed by atoms with van der Waals surface area (Å²) in [7, 11) is 3.47. The highest BCUT2D eigenvalue weighted by Crippen LogP contribution is 2.31. The average Bonchev–Trinajstić information content (AvgIpc) is 3.67. The molecule has 164 valence electrons. The molecule has 1 amide bonds. The van der Waals surface area contributed by atoms with Crippen molar-refractivity contribution >= 4 is 28.3 Å². The van der Waals surface area contributed by atoms with E-state index in [2.05, 4.69) is 32.4 Å². The third kappa shape index (κ3) is 5.16. The fourth-order valence-corrected chi connectivity index (χ4v) is 3.13. The van der Waals surface area contributed by atoms with Gasteiger partial charge in [-0.15, -0.1) is 0 Å². The Morgan fingerprint density at radius 2 is 1.94 bits per heavy atom. The molecule has 7 heteroatoms. The van der Waals surface area contributed by atoms with Gasteiger partial charge >= 0.3 is 0 Å². The standard InChI is InChI=1S/C25H26N4O3/c1-16(31-3)15-32-20-10-5-17(6-11-20)4-7-19-13-28-24(26-2)22-14-27-23(12-21(19)22)29-25(30)18-8-9-18/h5-6,10-14,16,18H,8-9,15H2,1-3H3,(H,26,28)(H,27,29,30)/t16-/m0/s1. The number of aromatic nitrogens is 2. The zero-order valence-electron chi connectivity index (χ0n) is 18.4. The van der Waals surface area contributed by atoms with Crippen LogP contribution in [-0.2, 0) is 9.53 Å². The van der Waals surface area contributed by atoms with E-state index in [9.17, 15) is 4.79 Å². The number of carbonyl (C=O) groups is 1. The summed E-state index contributed by atoms with van der Waals surface area (Å²) < 4.78 is 10.9. The molecule has 3 aromatic rings. The van der Waals surface area contributed by atoms with E-state index in [1.54, 1.807) is 19.5 Å².